The van der Waals surface area contributed by atoms with E-state index in [1.54, 1.807) is 0 Å². The van der Waals surface area contributed by atoms with Crippen LogP contribution < -0.4 is 0 Å². The van der Waals surface area contributed by atoms with Gasteiger partial charge in [-0.2, -0.15) is 0 Å². The highest BCUT2D eigenvalue weighted by Gasteiger charge is 2.34. The van der Waals surface area contributed by atoms with Gasteiger partial charge >= 0.3 is 0 Å². The first-order chi connectivity index (χ1) is 10.8. The van der Waals surface area contributed by atoms with Crippen molar-refractivity contribution in [1.82, 2.24) is 0 Å². The second-order valence-corrected chi connectivity index (χ2v) is 11.8. The lowest BCUT2D eigenvalue weighted by Crippen LogP contribution is -2.39. The van der Waals surface area contributed by atoms with E-state index in [1.807, 2.05) is 0 Å². The zero-order valence-corrected chi connectivity index (χ0v) is 16.6. The SMILES string of the molecule is CCCCCCCCCCCCCO[Si]1(CC)CCCCC1. The highest BCUT2D eigenvalue weighted by molar-refractivity contribution is 6.73. The van der Waals surface area contributed by atoms with Gasteiger partial charge in [-0.1, -0.05) is 97.3 Å². The summed E-state index contributed by atoms with van der Waals surface area (Å²) in [6, 6.07) is 4.24. The molecule has 0 radical (unpaired) electrons. The van der Waals surface area contributed by atoms with Crippen LogP contribution in [0.25, 0.3) is 0 Å². The zero-order valence-electron chi connectivity index (χ0n) is 15.6. The number of hydrogen-bond acceptors (Lipinski definition) is 1. The predicted octanol–water partition coefficient (Wildman–Crippen LogP) is 7.46. The Morgan fingerprint density at radius 2 is 1.14 bits per heavy atom. The van der Waals surface area contributed by atoms with E-state index < -0.39 is 8.32 Å². The average molecular weight is 327 g/mol. The van der Waals surface area contributed by atoms with Crippen molar-refractivity contribution in [2.45, 2.75) is 122 Å². The van der Waals surface area contributed by atoms with Gasteiger partial charge in [0.05, 0.1) is 0 Å². The lowest BCUT2D eigenvalue weighted by atomic mass is 10.1. The van der Waals surface area contributed by atoms with Gasteiger partial charge < -0.3 is 4.43 Å². The Labute approximate surface area is 141 Å². The molecule has 0 saturated carbocycles. The van der Waals surface area contributed by atoms with Crippen LogP contribution in [-0.2, 0) is 4.43 Å². The minimum Gasteiger partial charge on any atom is -0.417 e. The Bertz CT molecular complexity index is 236. The van der Waals surface area contributed by atoms with Crippen LogP contribution >= 0.6 is 0 Å². The van der Waals surface area contributed by atoms with E-state index in [2.05, 4.69) is 13.8 Å². The van der Waals surface area contributed by atoms with Crippen LogP contribution in [0.15, 0.2) is 0 Å². The van der Waals surface area contributed by atoms with Crippen molar-refractivity contribution in [3.05, 3.63) is 0 Å². The zero-order chi connectivity index (χ0) is 15.9. The molecule has 1 fully saturated rings. The highest BCUT2D eigenvalue weighted by Crippen LogP contribution is 2.32. The highest BCUT2D eigenvalue weighted by atomic mass is 28.4. The van der Waals surface area contributed by atoms with Crippen molar-refractivity contribution in [1.29, 1.82) is 0 Å². The summed E-state index contributed by atoms with van der Waals surface area (Å²) in [4.78, 5) is 0. The maximum Gasteiger partial charge on any atom is 0.192 e. The molecule has 1 saturated heterocycles. The molecule has 0 amide bonds. The van der Waals surface area contributed by atoms with Crippen LogP contribution in [0.4, 0.5) is 0 Å². The van der Waals surface area contributed by atoms with Gasteiger partial charge in [0.15, 0.2) is 8.32 Å². The monoisotopic (exact) mass is 326 g/mol. The summed E-state index contributed by atoms with van der Waals surface area (Å²) in [6.07, 6.45) is 20.0. The van der Waals surface area contributed by atoms with Gasteiger partial charge in [0.1, 0.15) is 0 Å². The molecule has 0 unspecified atom stereocenters. The molecule has 2 heteroatoms. The Hall–Kier alpha value is 0.177. The Kier molecular flexibility index (Phi) is 12.5. The van der Waals surface area contributed by atoms with E-state index in [9.17, 15) is 0 Å². The normalized spacial score (nSPS) is 17.7. The first kappa shape index (κ1) is 20.2. The van der Waals surface area contributed by atoms with Gasteiger partial charge in [-0.3, -0.25) is 0 Å². The van der Waals surface area contributed by atoms with Gasteiger partial charge in [0.25, 0.3) is 0 Å². The van der Waals surface area contributed by atoms with E-state index in [0.29, 0.717) is 0 Å². The summed E-state index contributed by atoms with van der Waals surface area (Å²) < 4.78 is 6.44. The second kappa shape index (κ2) is 13.6. The van der Waals surface area contributed by atoms with Crippen LogP contribution in [0.1, 0.15) is 104 Å². The third-order valence-corrected chi connectivity index (χ3v) is 10.2. The molecule has 0 spiro atoms. The van der Waals surface area contributed by atoms with Gasteiger partial charge in [0.2, 0.25) is 0 Å². The van der Waals surface area contributed by atoms with Crippen LogP contribution in [0, 0.1) is 0 Å². The molecule has 1 aliphatic heterocycles. The maximum absolute atomic E-state index is 6.44. The topological polar surface area (TPSA) is 9.23 Å². The van der Waals surface area contributed by atoms with E-state index in [-0.39, 0.29) is 0 Å². The van der Waals surface area contributed by atoms with Crippen LogP contribution in [0.2, 0.25) is 18.1 Å². The number of hydrogen-bond donors (Lipinski definition) is 0. The minimum atomic E-state index is -1.25. The smallest absolute Gasteiger partial charge is 0.192 e. The number of unbranched alkanes of at least 4 members (excludes halogenated alkanes) is 10. The number of rotatable bonds is 14. The first-order valence-electron chi connectivity index (χ1n) is 10.5. The van der Waals surface area contributed by atoms with Gasteiger partial charge in [0, 0.05) is 6.61 Å². The lowest BCUT2D eigenvalue weighted by molar-refractivity contribution is 0.279. The summed E-state index contributed by atoms with van der Waals surface area (Å²) in [6.45, 7) is 5.73. The summed E-state index contributed by atoms with van der Waals surface area (Å²) in [7, 11) is -1.25. The second-order valence-electron chi connectivity index (χ2n) is 7.48. The predicted molar refractivity (Wildman–Crippen MR) is 102 cm³/mol. The van der Waals surface area contributed by atoms with E-state index in [4.69, 9.17) is 4.43 Å². The van der Waals surface area contributed by atoms with Crippen LogP contribution in [-0.4, -0.2) is 14.9 Å². The Balaban J connectivity index is 1.85. The summed E-state index contributed by atoms with van der Waals surface area (Å²) in [5.41, 5.74) is 0. The van der Waals surface area contributed by atoms with Crippen molar-refractivity contribution in [3.63, 3.8) is 0 Å². The molecule has 0 aromatic carbocycles. The third-order valence-electron chi connectivity index (χ3n) is 5.57. The molecule has 0 bridgehead atoms. The molecular formula is C20H42OSi. The molecular weight excluding hydrogens is 284 g/mol. The lowest BCUT2D eigenvalue weighted by Gasteiger charge is -2.34. The molecule has 22 heavy (non-hydrogen) atoms. The molecule has 1 heterocycles. The molecule has 0 N–H and O–H groups in total. The molecule has 1 aliphatic rings. The third kappa shape index (κ3) is 9.35. The summed E-state index contributed by atoms with van der Waals surface area (Å²) in [5.74, 6) is 0. The summed E-state index contributed by atoms with van der Waals surface area (Å²) in [5, 5.41) is 0. The first-order valence-corrected chi connectivity index (χ1v) is 13.0. The maximum atomic E-state index is 6.44. The molecule has 1 rings (SSSR count). The molecule has 132 valence electrons. The van der Waals surface area contributed by atoms with Crippen molar-refractivity contribution in [2.75, 3.05) is 6.61 Å². The molecule has 0 aromatic heterocycles. The summed E-state index contributed by atoms with van der Waals surface area (Å²) >= 11 is 0. The van der Waals surface area contributed by atoms with Gasteiger partial charge in [-0.25, -0.2) is 0 Å². The van der Waals surface area contributed by atoms with E-state index >= 15 is 0 Å². The van der Waals surface area contributed by atoms with E-state index in [1.165, 1.54) is 108 Å². The van der Waals surface area contributed by atoms with Gasteiger partial charge in [-0.05, 0) is 24.6 Å². The van der Waals surface area contributed by atoms with Crippen LogP contribution in [0.3, 0.4) is 0 Å². The Morgan fingerprint density at radius 3 is 1.64 bits per heavy atom. The van der Waals surface area contributed by atoms with Crippen molar-refractivity contribution in [3.8, 4) is 0 Å². The largest absolute Gasteiger partial charge is 0.417 e. The molecule has 0 aliphatic carbocycles. The fourth-order valence-corrected chi connectivity index (χ4v) is 7.67. The standard InChI is InChI=1S/C20H42OSi/c1-3-5-6-7-8-9-10-11-12-13-15-18-21-22(4-2)19-16-14-17-20-22/h3-20H2,1-2H3. The van der Waals surface area contributed by atoms with E-state index in [0.717, 1.165) is 6.61 Å². The van der Waals surface area contributed by atoms with Gasteiger partial charge in [-0.15, -0.1) is 0 Å². The Morgan fingerprint density at radius 1 is 0.636 bits per heavy atom. The average Bonchev–Trinajstić information content (AvgIpc) is 2.57. The molecule has 0 aromatic rings. The van der Waals surface area contributed by atoms with Crippen molar-refractivity contribution in [2.24, 2.45) is 0 Å². The fraction of sp³-hybridized carbons (Fsp3) is 1.00. The van der Waals surface area contributed by atoms with Crippen LogP contribution in [0.5, 0.6) is 0 Å². The van der Waals surface area contributed by atoms with Crippen molar-refractivity contribution >= 4 is 8.32 Å². The fourth-order valence-electron chi connectivity index (χ4n) is 3.85. The minimum absolute atomic E-state index is 1.07. The molecule has 0 atom stereocenters. The quantitative estimate of drug-likeness (QED) is 0.238. The van der Waals surface area contributed by atoms with Crippen molar-refractivity contribution < 1.29 is 4.43 Å². The molecule has 1 nitrogen and oxygen atoms in total.